The van der Waals surface area contributed by atoms with Crippen LogP contribution in [0.3, 0.4) is 0 Å². The normalized spacial score (nSPS) is 11.4. The second kappa shape index (κ2) is 15.9. The summed E-state index contributed by atoms with van der Waals surface area (Å²) in [6.07, 6.45) is 3.49. The van der Waals surface area contributed by atoms with E-state index in [0.29, 0.717) is 47.3 Å². The van der Waals surface area contributed by atoms with Crippen molar-refractivity contribution < 1.29 is 35.8 Å². The fourth-order valence-electron chi connectivity index (χ4n) is 2.63. The highest BCUT2D eigenvalue weighted by molar-refractivity contribution is 7.90. The monoisotopic (exact) mass is 546 g/mol. The molecule has 0 bridgehead atoms. The Labute approximate surface area is 214 Å². The molecule has 0 aliphatic carbocycles. The number of sulfone groups is 2. The zero-order valence-corrected chi connectivity index (χ0v) is 23.4. The fourth-order valence-corrected chi connectivity index (χ4v) is 3.47. The molecule has 0 heterocycles. The summed E-state index contributed by atoms with van der Waals surface area (Å²) in [6.45, 7) is 4.81. The highest BCUT2D eigenvalue weighted by atomic mass is 32.2. The van der Waals surface area contributed by atoms with E-state index in [1.807, 2.05) is 19.9 Å². The molecule has 202 valence electrons. The van der Waals surface area contributed by atoms with Crippen LogP contribution in [0.5, 0.6) is 23.0 Å². The van der Waals surface area contributed by atoms with Crippen LogP contribution in [0.25, 0.3) is 0 Å². The van der Waals surface area contributed by atoms with Crippen LogP contribution in [-0.4, -0.2) is 68.8 Å². The Hall–Kier alpha value is -3.01. The van der Waals surface area contributed by atoms with Crippen LogP contribution in [0.2, 0.25) is 0 Å². The van der Waals surface area contributed by atoms with Gasteiger partial charge >= 0.3 is 0 Å². The van der Waals surface area contributed by atoms with Gasteiger partial charge in [-0.05, 0) is 43.7 Å². The number of benzene rings is 2. The summed E-state index contributed by atoms with van der Waals surface area (Å²) in [4.78, 5) is 0. The molecule has 10 nitrogen and oxygen atoms in total. The number of nitrogens with two attached hydrogens (primary N) is 1. The summed E-state index contributed by atoms with van der Waals surface area (Å²) >= 11 is 0. The zero-order chi connectivity index (χ0) is 27.9. The molecule has 36 heavy (non-hydrogen) atoms. The minimum Gasteiger partial charge on any atom is -0.493 e. The Balaban J connectivity index is 0.000000593. The van der Waals surface area contributed by atoms with Gasteiger partial charge in [0.1, 0.15) is 19.7 Å². The molecule has 0 aliphatic rings. The number of hydrogen-bond donors (Lipinski definition) is 1. The van der Waals surface area contributed by atoms with Gasteiger partial charge in [-0.15, -0.1) is 0 Å². The number of nitrogens with zero attached hydrogens (tertiary/aromatic N) is 1. The standard InChI is InChI=1S/C12H19NO4S.C10H11NO2.C2H6O2S/c1-4-17-12-7-9(5-6-11(12)16-2)10(13)8-18(3,14)15;1-3-13-10-6-8(7-11)4-5-9(10)12-2;1-5(2,3)4/h5-7,10H,4,8,13H2,1-3H3;4-6H,3H2,1-2H3;1-2H3/i13+1;11+1;. The summed E-state index contributed by atoms with van der Waals surface area (Å²) in [6, 6.07) is 11.8. The minimum atomic E-state index is -3.11. The van der Waals surface area contributed by atoms with E-state index in [9.17, 15) is 16.8 Å². The third-order valence-electron chi connectivity index (χ3n) is 3.99. The average molecular weight is 547 g/mol. The third-order valence-corrected chi connectivity index (χ3v) is 4.96. The molecule has 0 spiro atoms. The molecule has 2 N–H and O–H groups in total. The van der Waals surface area contributed by atoms with Gasteiger partial charge in [-0.2, -0.15) is 5.26 Å². The smallest absolute Gasteiger partial charge is 0.162 e. The van der Waals surface area contributed by atoms with E-state index in [-0.39, 0.29) is 5.75 Å². The molecule has 0 aromatic heterocycles. The van der Waals surface area contributed by atoms with E-state index in [1.54, 1.807) is 50.6 Å². The van der Waals surface area contributed by atoms with Gasteiger partial charge in [-0.3, -0.25) is 0 Å². The first-order valence-corrected chi connectivity index (χ1v) is 15.1. The minimum absolute atomic E-state index is 0.0924. The van der Waals surface area contributed by atoms with E-state index >= 15 is 0 Å². The quantitative estimate of drug-likeness (QED) is 0.464. The van der Waals surface area contributed by atoms with Gasteiger partial charge in [0.15, 0.2) is 23.0 Å². The Kier molecular flexibility index (Phi) is 14.5. The molecule has 0 saturated carbocycles. The number of rotatable bonds is 9. The van der Waals surface area contributed by atoms with Crippen molar-refractivity contribution in [2.24, 2.45) is 5.73 Å². The Bertz CT molecular complexity index is 1200. The lowest BCUT2D eigenvalue weighted by Gasteiger charge is -2.15. The highest BCUT2D eigenvalue weighted by Crippen LogP contribution is 2.30. The van der Waals surface area contributed by atoms with E-state index in [0.717, 1.165) is 12.5 Å². The van der Waals surface area contributed by atoms with Crippen LogP contribution in [0.15, 0.2) is 36.4 Å². The summed E-state index contributed by atoms with van der Waals surface area (Å²) < 4.78 is 62.6. The summed E-state index contributed by atoms with van der Waals surface area (Å²) in [5, 5.41) is 8.65. The molecule has 0 radical (unpaired) electrons. The second-order valence-electron chi connectivity index (χ2n) is 7.60. The predicted octanol–water partition coefficient (Wildman–Crippen LogP) is 2.76. The van der Waals surface area contributed by atoms with Crippen LogP contribution in [-0.2, 0) is 19.7 Å². The van der Waals surface area contributed by atoms with Crippen molar-refractivity contribution in [1.29, 1.82) is 5.26 Å². The molecule has 12 heteroatoms. The van der Waals surface area contributed by atoms with E-state index in [1.165, 1.54) is 6.26 Å². The molecule has 0 fully saturated rings. The number of nitriles is 1. The fraction of sp³-hybridized carbons (Fsp3) is 0.458. The predicted molar refractivity (Wildman–Crippen MR) is 140 cm³/mol. The molecule has 0 amide bonds. The van der Waals surface area contributed by atoms with Crippen molar-refractivity contribution in [1.82, 2.24) is 0 Å². The lowest BCUT2D eigenvalue weighted by molar-refractivity contribution is 0.310. The van der Waals surface area contributed by atoms with Crippen LogP contribution in [0.4, 0.5) is 0 Å². The van der Waals surface area contributed by atoms with Crippen molar-refractivity contribution in [3.8, 4) is 29.1 Å². The first-order chi connectivity index (χ1) is 16.7. The molecule has 1 atom stereocenters. The van der Waals surface area contributed by atoms with E-state index < -0.39 is 25.7 Å². The Morgan fingerprint density at radius 1 is 0.833 bits per heavy atom. The molecule has 1 unspecified atom stereocenters. The average Bonchev–Trinajstić information content (AvgIpc) is 2.77. The maximum Gasteiger partial charge on any atom is 0.162 e. The van der Waals surface area contributed by atoms with Gasteiger partial charge in [-0.1, -0.05) is 6.07 Å². The van der Waals surface area contributed by atoms with Crippen molar-refractivity contribution in [2.45, 2.75) is 19.9 Å². The van der Waals surface area contributed by atoms with Crippen molar-refractivity contribution in [3.63, 3.8) is 0 Å². The van der Waals surface area contributed by atoms with E-state index in [2.05, 4.69) is 0 Å². The summed E-state index contributed by atoms with van der Waals surface area (Å²) in [5.74, 6) is 2.35. The summed E-state index contributed by atoms with van der Waals surface area (Å²) in [5.41, 5.74) is 7.15. The van der Waals surface area contributed by atoms with Gasteiger partial charge in [-0.25, -0.2) is 16.8 Å². The van der Waals surface area contributed by atoms with Crippen molar-refractivity contribution in [2.75, 3.05) is 52.0 Å². The molecular weight excluding hydrogens is 510 g/mol. The number of methoxy groups -OCH3 is 2. The van der Waals surface area contributed by atoms with Crippen molar-refractivity contribution in [3.05, 3.63) is 47.5 Å². The largest absolute Gasteiger partial charge is 0.493 e. The van der Waals surface area contributed by atoms with Gasteiger partial charge < -0.3 is 24.7 Å². The molecule has 0 aliphatic heterocycles. The topological polar surface area (TPSA) is 155 Å². The van der Waals surface area contributed by atoms with Crippen LogP contribution >= 0.6 is 0 Å². The maximum atomic E-state index is 11.2. The molecule has 2 aromatic rings. The Morgan fingerprint density at radius 2 is 1.28 bits per heavy atom. The number of ether oxygens (including phenoxy) is 4. The van der Waals surface area contributed by atoms with Gasteiger partial charge in [0.25, 0.3) is 0 Å². The van der Waals surface area contributed by atoms with Gasteiger partial charge in [0.05, 0.1) is 44.8 Å². The highest BCUT2D eigenvalue weighted by Gasteiger charge is 2.15. The van der Waals surface area contributed by atoms with Crippen LogP contribution in [0, 0.1) is 11.3 Å². The lowest BCUT2D eigenvalue weighted by Crippen LogP contribution is -2.20. The first kappa shape index (κ1) is 33.0. The molecular formula is C24H36N2O8S2. The number of hydrogen-bond acceptors (Lipinski definition) is 10. The van der Waals surface area contributed by atoms with E-state index in [4.69, 9.17) is 29.9 Å². The third kappa shape index (κ3) is 14.4. The Morgan fingerprint density at radius 3 is 1.67 bits per heavy atom. The second-order valence-corrected chi connectivity index (χ2v) is 12.1. The summed E-state index contributed by atoms with van der Waals surface area (Å²) in [7, 11) is -2.65. The van der Waals surface area contributed by atoms with Gasteiger partial charge in [0.2, 0.25) is 0 Å². The molecule has 2 aromatic carbocycles. The van der Waals surface area contributed by atoms with Crippen molar-refractivity contribution >= 4 is 19.7 Å². The van der Waals surface area contributed by atoms with Crippen LogP contribution < -0.4 is 24.7 Å². The molecule has 2 rings (SSSR count). The zero-order valence-electron chi connectivity index (χ0n) is 21.8. The van der Waals surface area contributed by atoms with Gasteiger partial charge in [0, 0.05) is 30.9 Å². The SMILES string of the molecule is CCOc1cc(C#[15N])ccc1OC.CCOc1cc(C([15NH2])CS(C)(=O)=O)ccc1OC.CS(C)(=O)=O. The first-order valence-electron chi connectivity index (χ1n) is 10.8. The lowest BCUT2D eigenvalue weighted by atomic mass is 10.1. The van der Waals surface area contributed by atoms with Crippen LogP contribution in [0.1, 0.15) is 31.0 Å². The maximum absolute atomic E-state index is 11.2. The molecule has 0 saturated heterocycles.